The van der Waals surface area contributed by atoms with Crippen LogP contribution in [0.5, 0.6) is 0 Å². The Balaban J connectivity index is 2.89. The first-order chi connectivity index (χ1) is 8.08. The molecule has 1 aromatic rings. The molecular weight excluding hydrogens is 227 g/mol. The fourth-order valence-corrected chi connectivity index (χ4v) is 1.30. The number of aromatic nitrogens is 1. The van der Waals surface area contributed by atoms with Gasteiger partial charge >= 0.3 is 0 Å². The number of nitrogens with one attached hydrogen (secondary N) is 1. The molecule has 0 saturated heterocycles. The highest BCUT2D eigenvalue weighted by molar-refractivity contribution is 5.94. The van der Waals surface area contributed by atoms with Crippen molar-refractivity contribution in [2.24, 2.45) is 0 Å². The average Bonchev–Trinajstić information content (AvgIpc) is 2.36. The Hall–Kier alpha value is -1.53. The lowest BCUT2D eigenvalue weighted by atomic mass is 9.98. The maximum Gasteiger partial charge on any atom is 0.256 e. The minimum atomic E-state index is -1.14. The fourth-order valence-electron chi connectivity index (χ4n) is 1.30. The molecule has 0 aliphatic heterocycles. The average molecular weight is 242 g/mol. The molecule has 0 bridgehead atoms. The third kappa shape index (κ3) is 2.98. The molecule has 0 radical (unpaired) electrons. The van der Waals surface area contributed by atoms with E-state index in [9.17, 15) is 9.18 Å². The molecule has 17 heavy (non-hydrogen) atoms. The molecule has 0 saturated carbocycles. The van der Waals surface area contributed by atoms with E-state index in [2.05, 4.69) is 10.3 Å². The van der Waals surface area contributed by atoms with Gasteiger partial charge in [0.25, 0.3) is 5.91 Å². The Morgan fingerprint density at radius 3 is 2.65 bits per heavy atom. The molecule has 1 heterocycles. The number of aliphatic hydroxyl groups excluding tert-OH is 2. The molecule has 0 unspecified atom stereocenters. The zero-order chi connectivity index (χ0) is 12.9. The van der Waals surface area contributed by atoms with E-state index in [0.717, 1.165) is 0 Å². The van der Waals surface area contributed by atoms with Crippen molar-refractivity contribution in [3.05, 3.63) is 29.8 Å². The van der Waals surface area contributed by atoms with E-state index in [1.807, 2.05) is 0 Å². The van der Waals surface area contributed by atoms with Crippen LogP contribution >= 0.6 is 0 Å². The quantitative estimate of drug-likeness (QED) is 0.639. The smallest absolute Gasteiger partial charge is 0.256 e. The predicted octanol–water partition coefficient (Wildman–Crippen LogP) is 0.0839. The van der Waals surface area contributed by atoms with Crippen LogP contribution in [0.1, 0.15) is 23.7 Å². The van der Waals surface area contributed by atoms with Crippen LogP contribution in [-0.4, -0.2) is 39.9 Å². The van der Waals surface area contributed by atoms with Crippen LogP contribution in [0.3, 0.4) is 0 Å². The first-order valence-electron chi connectivity index (χ1n) is 5.23. The highest BCUT2D eigenvalue weighted by Crippen LogP contribution is 2.11. The second kappa shape index (κ2) is 5.70. The van der Waals surface area contributed by atoms with Crippen molar-refractivity contribution >= 4 is 5.91 Å². The van der Waals surface area contributed by atoms with Gasteiger partial charge < -0.3 is 15.5 Å². The van der Waals surface area contributed by atoms with Gasteiger partial charge in [0.15, 0.2) is 0 Å². The molecule has 94 valence electrons. The summed E-state index contributed by atoms with van der Waals surface area (Å²) in [6.07, 6.45) is 1.56. The van der Waals surface area contributed by atoms with Gasteiger partial charge in [-0.3, -0.25) is 4.79 Å². The number of hydrogen-bond acceptors (Lipinski definition) is 4. The third-order valence-corrected chi connectivity index (χ3v) is 2.66. The van der Waals surface area contributed by atoms with Crippen molar-refractivity contribution in [3.8, 4) is 0 Å². The summed E-state index contributed by atoms with van der Waals surface area (Å²) in [5, 5.41) is 20.7. The van der Waals surface area contributed by atoms with Crippen molar-refractivity contribution in [2.75, 3.05) is 13.2 Å². The molecule has 1 aromatic heterocycles. The Labute approximate surface area is 98.3 Å². The number of carbonyl (C=O) groups excluding carboxylic acids is 1. The summed E-state index contributed by atoms with van der Waals surface area (Å²) in [7, 11) is 0. The van der Waals surface area contributed by atoms with E-state index < -0.39 is 30.6 Å². The van der Waals surface area contributed by atoms with E-state index >= 15 is 0 Å². The second-order valence-corrected chi connectivity index (χ2v) is 3.75. The van der Waals surface area contributed by atoms with Gasteiger partial charge in [0.1, 0.15) is 0 Å². The zero-order valence-electron chi connectivity index (χ0n) is 9.48. The van der Waals surface area contributed by atoms with Crippen LogP contribution in [0.15, 0.2) is 18.3 Å². The topological polar surface area (TPSA) is 82.5 Å². The first-order valence-corrected chi connectivity index (χ1v) is 5.23. The van der Waals surface area contributed by atoms with E-state index in [1.165, 1.54) is 18.3 Å². The van der Waals surface area contributed by atoms with Gasteiger partial charge in [-0.05, 0) is 18.6 Å². The Kier molecular flexibility index (Phi) is 4.53. The van der Waals surface area contributed by atoms with Crippen LogP contribution in [0.4, 0.5) is 4.39 Å². The highest BCUT2D eigenvalue weighted by Gasteiger charge is 2.29. The van der Waals surface area contributed by atoms with Crippen molar-refractivity contribution in [1.82, 2.24) is 10.3 Å². The number of amides is 1. The first kappa shape index (κ1) is 13.5. The number of halogens is 1. The summed E-state index contributed by atoms with van der Waals surface area (Å²) < 4.78 is 13.2. The summed E-state index contributed by atoms with van der Waals surface area (Å²) in [4.78, 5) is 15.1. The van der Waals surface area contributed by atoms with Crippen LogP contribution < -0.4 is 5.32 Å². The van der Waals surface area contributed by atoms with Gasteiger partial charge in [-0.15, -0.1) is 0 Å². The van der Waals surface area contributed by atoms with Crippen molar-refractivity contribution in [1.29, 1.82) is 0 Å². The summed E-state index contributed by atoms with van der Waals surface area (Å²) in [6.45, 7) is 0.855. The normalized spacial score (nSPS) is 11.3. The minimum absolute atomic E-state index is 0.216. The zero-order valence-corrected chi connectivity index (χ0v) is 9.48. The summed E-state index contributed by atoms with van der Waals surface area (Å²) in [5.74, 6) is -1.59. The summed E-state index contributed by atoms with van der Waals surface area (Å²) in [6, 6.07) is 2.72. The molecule has 0 atom stereocenters. The Morgan fingerprint density at radius 2 is 2.18 bits per heavy atom. The van der Waals surface area contributed by atoms with Crippen molar-refractivity contribution in [2.45, 2.75) is 18.9 Å². The standard InChI is InChI=1S/C11H15FN2O3/c1-2-11(6-15,7-16)14-10(17)8-4-3-5-13-9(8)12/h3-5,15-16H,2,6-7H2,1H3,(H,14,17). The van der Waals surface area contributed by atoms with Gasteiger partial charge in [-0.25, -0.2) is 4.98 Å². The van der Waals surface area contributed by atoms with E-state index in [-0.39, 0.29) is 5.56 Å². The van der Waals surface area contributed by atoms with Gasteiger partial charge in [0.2, 0.25) is 5.95 Å². The van der Waals surface area contributed by atoms with Gasteiger partial charge in [0.05, 0.1) is 24.3 Å². The molecule has 1 rings (SSSR count). The number of aliphatic hydroxyl groups is 2. The number of carbonyl (C=O) groups is 1. The maximum absolute atomic E-state index is 13.2. The molecule has 6 heteroatoms. The monoisotopic (exact) mass is 242 g/mol. The van der Waals surface area contributed by atoms with Gasteiger partial charge in [0, 0.05) is 6.20 Å². The minimum Gasteiger partial charge on any atom is -0.394 e. The fraction of sp³-hybridized carbons (Fsp3) is 0.455. The number of pyridine rings is 1. The van der Waals surface area contributed by atoms with Crippen LogP contribution in [0, 0.1) is 5.95 Å². The molecule has 5 nitrogen and oxygen atoms in total. The van der Waals surface area contributed by atoms with E-state index in [1.54, 1.807) is 6.92 Å². The molecule has 3 N–H and O–H groups in total. The molecule has 0 spiro atoms. The van der Waals surface area contributed by atoms with Crippen LogP contribution in [0.25, 0.3) is 0 Å². The molecule has 0 aliphatic rings. The lowest BCUT2D eigenvalue weighted by Crippen LogP contribution is -2.54. The van der Waals surface area contributed by atoms with Crippen molar-refractivity contribution < 1.29 is 19.4 Å². The molecule has 0 fully saturated rings. The Bertz CT molecular complexity index is 386. The molecule has 0 aromatic carbocycles. The Morgan fingerprint density at radius 1 is 1.53 bits per heavy atom. The lowest BCUT2D eigenvalue weighted by Gasteiger charge is -2.29. The van der Waals surface area contributed by atoms with Crippen LogP contribution in [-0.2, 0) is 0 Å². The summed E-state index contributed by atoms with van der Waals surface area (Å²) >= 11 is 0. The largest absolute Gasteiger partial charge is 0.394 e. The SMILES string of the molecule is CCC(CO)(CO)NC(=O)c1cccnc1F. The third-order valence-electron chi connectivity index (χ3n) is 2.66. The molecular formula is C11H15FN2O3. The summed E-state index contributed by atoms with van der Waals surface area (Å²) in [5.41, 5.74) is -1.36. The van der Waals surface area contributed by atoms with Gasteiger partial charge in [-0.1, -0.05) is 6.92 Å². The van der Waals surface area contributed by atoms with Crippen molar-refractivity contribution in [3.63, 3.8) is 0 Å². The lowest BCUT2D eigenvalue weighted by molar-refractivity contribution is 0.0649. The number of hydrogen-bond donors (Lipinski definition) is 3. The van der Waals surface area contributed by atoms with E-state index in [4.69, 9.17) is 10.2 Å². The number of rotatable bonds is 5. The maximum atomic E-state index is 13.2. The second-order valence-electron chi connectivity index (χ2n) is 3.75. The molecule has 0 aliphatic carbocycles. The van der Waals surface area contributed by atoms with Crippen LogP contribution in [0.2, 0.25) is 0 Å². The predicted molar refractivity (Wildman–Crippen MR) is 58.9 cm³/mol. The van der Waals surface area contributed by atoms with E-state index in [0.29, 0.717) is 6.42 Å². The molecule has 1 amide bonds. The highest BCUT2D eigenvalue weighted by atomic mass is 19.1. The van der Waals surface area contributed by atoms with Gasteiger partial charge in [-0.2, -0.15) is 4.39 Å². The number of nitrogens with zero attached hydrogens (tertiary/aromatic N) is 1.